The maximum atomic E-state index is 12.6. The predicted molar refractivity (Wildman–Crippen MR) is 56.2 cm³/mol. The number of nitrogens with two attached hydrogens (primary N) is 1. The summed E-state index contributed by atoms with van der Waals surface area (Å²) in [5.74, 6) is -0.598. The average molecular weight is 252 g/mol. The van der Waals surface area contributed by atoms with E-state index in [4.69, 9.17) is 22.4 Å². The molecular weight excluding hydrogens is 243 g/mol. The van der Waals surface area contributed by atoms with Crippen molar-refractivity contribution in [1.29, 1.82) is 0 Å². The molecule has 0 bridgehead atoms. The van der Waals surface area contributed by atoms with Crippen LogP contribution in [0.25, 0.3) is 6.08 Å². The maximum Gasteiger partial charge on any atom is 0.417 e. The van der Waals surface area contributed by atoms with E-state index in [0.29, 0.717) is 6.07 Å². The molecule has 0 amide bonds. The summed E-state index contributed by atoms with van der Waals surface area (Å²) < 4.78 is 37.7. The molecule has 3 N–H and O–H groups in total. The molecule has 0 aliphatic heterocycles. The highest BCUT2D eigenvalue weighted by atomic mass is 35.5. The van der Waals surface area contributed by atoms with Gasteiger partial charge in [-0.3, -0.25) is 0 Å². The van der Waals surface area contributed by atoms with Crippen LogP contribution in [0.5, 0.6) is 5.75 Å². The molecule has 0 radical (unpaired) electrons. The lowest BCUT2D eigenvalue weighted by Crippen LogP contribution is -2.07. The number of hydrogen-bond acceptors (Lipinski definition) is 2. The van der Waals surface area contributed by atoms with Crippen molar-refractivity contribution in [3.05, 3.63) is 34.4 Å². The summed E-state index contributed by atoms with van der Waals surface area (Å²) in [7, 11) is 0. The quantitative estimate of drug-likeness (QED) is 0.849. The first-order valence-electron chi connectivity index (χ1n) is 4.32. The van der Waals surface area contributed by atoms with Crippen LogP contribution in [0.4, 0.5) is 13.2 Å². The molecular formula is C10H9ClF3NO. The smallest absolute Gasteiger partial charge is 0.417 e. The molecule has 0 fully saturated rings. The third-order valence-electron chi connectivity index (χ3n) is 1.86. The van der Waals surface area contributed by atoms with Crippen molar-refractivity contribution in [2.45, 2.75) is 6.18 Å². The Balaban J connectivity index is 3.33. The molecule has 0 heterocycles. The Morgan fingerprint density at radius 2 is 2.00 bits per heavy atom. The highest BCUT2D eigenvalue weighted by molar-refractivity contribution is 6.32. The van der Waals surface area contributed by atoms with Gasteiger partial charge < -0.3 is 10.8 Å². The Kier molecular flexibility index (Phi) is 3.83. The first kappa shape index (κ1) is 12.9. The topological polar surface area (TPSA) is 46.2 Å². The van der Waals surface area contributed by atoms with E-state index in [1.54, 1.807) is 0 Å². The Morgan fingerprint density at radius 3 is 2.50 bits per heavy atom. The van der Waals surface area contributed by atoms with Gasteiger partial charge in [0.15, 0.2) is 0 Å². The molecule has 0 atom stereocenters. The van der Waals surface area contributed by atoms with Crippen molar-refractivity contribution < 1.29 is 18.3 Å². The number of hydrogen-bond donors (Lipinski definition) is 2. The van der Waals surface area contributed by atoms with Gasteiger partial charge in [0.05, 0.1) is 10.6 Å². The van der Waals surface area contributed by atoms with E-state index in [1.807, 2.05) is 0 Å². The Bertz CT molecular complexity index is 415. The van der Waals surface area contributed by atoms with Gasteiger partial charge >= 0.3 is 6.18 Å². The normalized spacial score (nSPS) is 12.3. The minimum Gasteiger partial charge on any atom is -0.506 e. The summed E-state index contributed by atoms with van der Waals surface area (Å²) in [6.45, 7) is 0.121. The second-order valence-electron chi connectivity index (χ2n) is 3.03. The minimum absolute atomic E-state index is 0.121. The van der Waals surface area contributed by atoms with Crippen molar-refractivity contribution in [3.63, 3.8) is 0 Å². The third kappa shape index (κ3) is 2.90. The van der Waals surface area contributed by atoms with Gasteiger partial charge in [-0.25, -0.2) is 0 Å². The molecule has 6 heteroatoms. The summed E-state index contributed by atoms with van der Waals surface area (Å²) in [4.78, 5) is 0. The molecule has 2 nitrogen and oxygen atoms in total. The Hall–Kier alpha value is -1.20. The SMILES string of the molecule is NC/C=C/c1cc(Cl)c(O)cc1C(F)(F)F. The van der Waals surface area contributed by atoms with Gasteiger partial charge in [-0.15, -0.1) is 0 Å². The fourth-order valence-corrected chi connectivity index (χ4v) is 1.33. The van der Waals surface area contributed by atoms with Gasteiger partial charge in [0, 0.05) is 6.54 Å². The maximum absolute atomic E-state index is 12.6. The molecule has 0 saturated heterocycles. The molecule has 1 rings (SSSR count). The van der Waals surface area contributed by atoms with E-state index < -0.39 is 17.5 Å². The lowest BCUT2D eigenvalue weighted by atomic mass is 10.1. The molecule has 0 unspecified atom stereocenters. The monoisotopic (exact) mass is 251 g/mol. The standard InChI is InChI=1S/C10H9ClF3NO/c11-8-4-6(2-1-3-15)7(5-9(8)16)10(12,13)14/h1-2,4-5,16H,3,15H2/b2-1+. The fraction of sp³-hybridized carbons (Fsp3) is 0.200. The Morgan fingerprint density at radius 1 is 1.38 bits per heavy atom. The average Bonchev–Trinajstić information content (AvgIpc) is 2.17. The highest BCUT2D eigenvalue weighted by Gasteiger charge is 2.33. The molecule has 0 spiro atoms. The number of phenols is 1. The number of phenolic OH excluding ortho intramolecular Hbond substituents is 1. The third-order valence-corrected chi connectivity index (χ3v) is 2.16. The largest absolute Gasteiger partial charge is 0.506 e. The van der Waals surface area contributed by atoms with E-state index in [1.165, 1.54) is 12.2 Å². The van der Waals surface area contributed by atoms with Gasteiger partial charge in [-0.2, -0.15) is 13.2 Å². The zero-order chi connectivity index (χ0) is 12.3. The van der Waals surface area contributed by atoms with Gasteiger partial charge in [0.25, 0.3) is 0 Å². The predicted octanol–water partition coefficient (Wildman–Crippen LogP) is 3.04. The molecule has 0 saturated carbocycles. The molecule has 0 aliphatic rings. The molecule has 1 aromatic rings. The number of aromatic hydroxyl groups is 1. The van der Waals surface area contributed by atoms with Crippen molar-refractivity contribution in [2.75, 3.05) is 6.54 Å². The second kappa shape index (κ2) is 4.76. The van der Waals surface area contributed by atoms with Crippen LogP contribution < -0.4 is 5.73 Å². The number of halogens is 4. The van der Waals surface area contributed by atoms with Crippen molar-refractivity contribution >= 4 is 17.7 Å². The van der Waals surface area contributed by atoms with Crippen LogP contribution in [0.2, 0.25) is 5.02 Å². The number of rotatable bonds is 2. The Labute approximate surface area is 95.1 Å². The lowest BCUT2D eigenvalue weighted by Gasteiger charge is -2.11. The zero-order valence-corrected chi connectivity index (χ0v) is 8.81. The number of benzene rings is 1. The first-order valence-corrected chi connectivity index (χ1v) is 4.70. The van der Waals surface area contributed by atoms with Crippen LogP contribution in [0, 0.1) is 0 Å². The van der Waals surface area contributed by atoms with Gasteiger partial charge in [-0.1, -0.05) is 23.8 Å². The van der Waals surface area contributed by atoms with Crippen molar-refractivity contribution in [3.8, 4) is 5.75 Å². The van der Waals surface area contributed by atoms with Crippen molar-refractivity contribution in [1.82, 2.24) is 0 Å². The van der Waals surface area contributed by atoms with E-state index >= 15 is 0 Å². The second-order valence-corrected chi connectivity index (χ2v) is 3.43. The van der Waals surface area contributed by atoms with E-state index in [9.17, 15) is 13.2 Å². The first-order chi connectivity index (χ1) is 7.36. The van der Waals surface area contributed by atoms with Crippen LogP contribution in [0.15, 0.2) is 18.2 Å². The minimum atomic E-state index is -4.55. The summed E-state index contributed by atoms with van der Waals surface area (Å²) >= 11 is 5.53. The van der Waals surface area contributed by atoms with Gasteiger partial charge in [0.2, 0.25) is 0 Å². The van der Waals surface area contributed by atoms with Crippen molar-refractivity contribution in [2.24, 2.45) is 5.73 Å². The molecule has 0 aromatic heterocycles. The molecule has 1 aromatic carbocycles. The van der Waals surface area contributed by atoms with Crippen LogP contribution in [-0.2, 0) is 6.18 Å². The van der Waals surface area contributed by atoms with E-state index in [2.05, 4.69) is 0 Å². The van der Waals surface area contributed by atoms with Crippen LogP contribution in [0.1, 0.15) is 11.1 Å². The van der Waals surface area contributed by atoms with Gasteiger partial charge in [0.1, 0.15) is 5.75 Å². The number of alkyl halides is 3. The summed E-state index contributed by atoms with van der Waals surface area (Å²) in [5, 5.41) is 9.00. The van der Waals surface area contributed by atoms with Crippen LogP contribution in [0.3, 0.4) is 0 Å². The zero-order valence-electron chi connectivity index (χ0n) is 8.05. The summed E-state index contributed by atoms with van der Waals surface area (Å²) in [6.07, 6.45) is -1.96. The summed E-state index contributed by atoms with van der Waals surface area (Å²) in [6, 6.07) is 1.64. The van der Waals surface area contributed by atoms with Crippen LogP contribution >= 0.6 is 11.6 Å². The summed E-state index contributed by atoms with van der Waals surface area (Å²) in [5.41, 5.74) is 4.08. The molecule has 88 valence electrons. The van der Waals surface area contributed by atoms with E-state index in [-0.39, 0.29) is 17.1 Å². The van der Waals surface area contributed by atoms with Crippen LogP contribution in [-0.4, -0.2) is 11.7 Å². The molecule has 16 heavy (non-hydrogen) atoms. The lowest BCUT2D eigenvalue weighted by molar-refractivity contribution is -0.137. The van der Waals surface area contributed by atoms with Gasteiger partial charge in [-0.05, 0) is 17.7 Å². The fourth-order valence-electron chi connectivity index (χ4n) is 1.16. The molecule has 0 aliphatic carbocycles. The van der Waals surface area contributed by atoms with E-state index in [0.717, 1.165) is 6.07 Å². The highest BCUT2D eigenvalue weighted by Crippen LogP contribution is 2.37.